The first-order valence-electron chi connectivity index (χ1n) is 8.20. The second-order valence-corrected chi connectivity index (χ2v) is 6.05. The zero-order valence-corrected chi connectivity index (χ0v) is 13.2. The Balaban J connectivity index is 1.46. The fourth-order valence-corrected chi connectivity index (χ4v) is 3.13. The van der Waals surface area contributed by atoms with Crippen LogP contribution < -0.4 is 5.32 Å². The SMILES string of the molecule is C[C@H]1CCCCN1C(=O)NCCCn1cnc2ccccc21. The van der Waals surface area contributed by atoms with E-state index >= 15 is 0 Å². The van der Waals surface area contributed by atoms with E-state index in [-0.39, 0.29) is 6.03 Å². The maximum atomic E-state index is 12.2. The van der Waals surface area contributed by atoms with Crippen molar-refractivity contribution in [3.63, 3.8) is 0 Å². The second kappa shape index (κ2) is 6.81. The third-order valence-electron chi connectivity index (χ3n) is 4.44. The van der Waals surface area contributed by atoms with Gasteiger partial charge in [0, 0.05) is 25.7 Å². The Labute approximate surface area is 131 Å². The number of hydrogen-bond donors (Lipinski definition) is 1. The monoisotopic (exact) mass is 300 g/mol. The van der Waals surface area contributed by atoms with E-state index in [2.05, 4.69) is 27.9 Å². The molecule has 3 rings (SSSR count). The van der Waals surface area contributed by atoms with Crippen LogP contribution in [0.4, 0.5) is 4.79 Å². The number of carbonyl (C=O) groups is 1. The maximum Gasteiger partial charge on any atom is 0.317 e. The van der Waals surface area contributed by atoms with Crippen molar-refractivity contribution in [3.8, 4) is 0 Å². The Hall–Kier alpha value is -2.04. The molecule has 118 valence electrons. The van der Waals surface area contributed by atoms with Gasteiger partial charge in [0.2, 0.25) is 0 Å². The molecule has 2 heterocycles. The Bertz CT molecular complexity index is 636. The van der Waals surface area contributed by atoms with E-state index in [0.717, 1.165) is 43.4 Å². The lowest BCUT2D eigenvalue weighted by atomic mass is 10.0. The van der Waals surface area contributed by atoms with Crippen molar-refractivity contribution in [3.05, 3.63) is 30.6 Å². The first-order chi connectivity index (χ1) is 10.8. The van der Waals surface area contributed by atoms with Gasteiger partial charge in [-0.2, -0.15) is 0 Å². The number of piperidine rings is 1. The van der Waals surface area contributed by atoms with Gasteiger partial charge in [0.1, 0.15) is 0 Å². The summed E-state index contributed by atoms with van der Waals surface area (Å²) >= 11 is 0. The molecule has 2 amide bonds. The number of para-hydroxylation sites is 2. The molecule has 0 radical (unpaired) electrons. The molecule has 22 heavy (non-hydrogen) atoms. The summed E-state index contributed by atoms with van der Waals surface area (Å²) in [5.41, 5.74) is 2.17. The van der Waals surface area contributed by atoms with E-state index < -0.39 is 0 Å². The van der Waals surface area contributed by atoms with E-state index in [1.54, 1.807) is 0 Å². The van der Waals surface area contributed by atoms with Gasteiger partial charge in [-0.25, -0.2) is 9.78 Å². The summed E-state index contributed by atoms with van der Waals surface area (Å²) in [5, 5.41) is 3.05. The van der Waals surface area contributed by atoms with Gasteiger partial charge in [0.05, 0.1) is 17.4 Å². The topological polar surface area (TPSA) is 50.2 Å². The number of likely N-dealkylation sites (tertiary alicyclic amines) is 1. The number of amides is 2. The van der Waals surface area contributed by atoms with Gasteiger partial charge >= 0.3 is 6.03 Å². The molecule has 0 unspecified atom stereocenters. The molecule has 0 spiro atoms. The van der Waals surface area contributed by atoms with Crippen LogP contribution in [-0.4, -0.2) is 39.6 Å². The smallest absolute Gasteiger partial charge is 0.317 e. The molecular weight excluding hydrogens is 276 g/mol. The van der Waals surface area contributed by atoms with Gasteiger partial charge in [-0.3, -0.25) is 0 Å². The highest BCUT2D eigenvalue weighted by molar-refractivity contribution is 5.75. The number of nitrogens with zero attached hydrogens (tertiary/aromatic N) is 3. The van der Waals surface area contributed by atoms with Gasteiger partial charge in [0.25, 0.3) is 0 Å². The maximum absolute atomic E-state index is 12.2. The molecule has 1 aromatic carbocycles. The predicted octanol–water partition coefficient (Wildman–Crippen LogP) is 3.01. The minimum atomic E-state index is 0.0858. The summed E-state index contributed by atoms with van der Waals surface area (Å²) in [6, 6.07) is 8.58. The summed E-state index contributed by atoms with van der Waals surface area (Å²) < 4.78 is 2.14. The summed E-state index contributed by atoms with van der Waals surface area (Å²) in [7, 11) is 0. The molecule has 5 heteroatoms. The zero-order valence-electron chi connectivity index (χ0n) is 13.2. The largest absolute Gasteiger partial charge is 0.338 e. The molecule has 2 aromatic rings. The number of benzene rings is 1. The van der Waals surface area contributed by atoms with Crippen molar-refractivity contribution in [2.45, 2.75) is 45.2 Å². The lowest BCUT2D eigenvalue weighted by Crippen LogP contribution is -2.47. The number of fused-ring (bicyclic) bond motifs is 1. The first-order valence-corrected chi connectivity index (χ1v) is 8.20. The minimum absolute atomic E-state index is 0.0858. The fraction of sp³-hybridized carbons (Fsp3) is 0.529. The zero-order chi connectivity index (χ0) is 15.4. The molecule has 1 aromatic heterocycles. The summed E-state index contributed by atoms with van der Waals surface area (Å²) in [4.78, 5) is 18.5. The van der Waals surface area contributed by atoms with Crippen LogP contribution >= 0.6 is 0 Å². The van der Waals surface area contributed by atoms with Crippen molar-refractivity contribution in [1.29, 1.82) is 0 Å². The third kappa shape index (κ3) is 3.24. The minimum Gasteiger partial charge on any atom is -0.338 e. The van der Waals surface area contributed by atoms with Crippen molar-refractivity contribution >= 4 is 17.1 Å². The Kier molecular flexibility index (Phi) is 4.61. The summed E-state index contributed by atoms with van der Waals surface area (Å²) in [6.45, 7) is 4.60. The van der Waals surface area contributed by atoms with Crippen LogP contribution in [0.3, 0.4) is 0 Å². The average Bonchev–Trinajstić information content (AvgIpc) is 2.95. The quantitative estimate of drug-likeness (QED) is 0.882. The van der Waals surface area contributed by atoms with Crippen molar-refractivity contribution in [2.75, 3.05) is 13.1 Å². The number of carbonyl (C=O) groups excluding carboxylic acids is 1. The van der Waals surface area contributed by atoms with Gasteiger partial charge in [-0.1, -0.05) is 12.1 Å². The number of hydrogen-bond acceptors (Lipinski definition) is 2. The normalized spacial score (nSPS) is 18.6. The van der Waals surface area contributed by atoms with E-state index in [0.29, 0.717) is 12.6 Å². The van der Waals surface area contributed by atoms with Crippen LogP contribution in [-0.2, 0) is 6.54 Å². The van der Waals surface area contributed by atoms with Crippen LogP contribution in [0, 0.1) is 0 Å². The Morgan fingerprint density at radius 2 is 2.23 bits per heavy atom. The van der Waals surface area contributed by atoms with Crippen LogP contribution in [0.5, 0.6) is 0 Å². The summed E-state index contributed by atoms with van der Waals surface area (Å²) in [5.74, 6) is 0. The van der Waals surface area contributed by atoms with Crippen LogP contribution in [0.2, 0.25) is 0 Å². The highest BCUT2D eigenvalue weighted by Crippen LogP contribution is 2.16. The Morgan fingerprint density at radius 3 is 3.09 bits per heavy atom. The molecular formula is C17H24N4O. The van der Waals surface area contributed by atoms with E-state index in [4.69, 9.17) is 0 Å². The highest BCUT2D eigenvalue weighted by atomic mass is 16.2. The van der Waals surface area contributed by atoms with Crippen molar-refractivity contribution < 1.29 is 4.79 Å². The molecule has 1 fully saturated rings. The number of nitrogens with one attached hydrogen (secondary N) is 1. The van der Waals surface area contributed by atoms with E-state index in [1.807, 2.05) is 29.4 Å². The van der Waals surface area contributed by atoms with Crippen LogP contribution in [0.1, 0.15) is 32.6 Å². The second-order valence-electron chi connectivity index (χ2n) is 6.05. The molecule has 1 atom stereocenters. The molecule has 0 bridgehead atoms. The number of aryl methyl sites for hydroxylation is 1. The lowest BCUT2D eigenvalue weighted by Gasteiger charge is -2.33. The molecule has 5 nitrogen and oxygen atoms in total. The van der Waals surface area contributed by atoms with Gasteiger partial charge in [0.15, 0.2) is 0 Å². The first kappa shape index (κ1) is 14.9. The van der Waals surface area contributed by atoms with E-state index in [1.165, 1.54) is 6.42 Å². The third-order valence-corrected chi connectivity index (χ3v) is 4.44. The molecule has 0 saturated carbocycles. The average molecular weight is 300 g/mol. The molecule has 1 saturated heterocycles. The van der Waals surface area contributed by atoms with Crippen LogP contribution in [0.25, 0.3) is 11.0 Å². The number of imidazole rings is 1. The van der Waals surface area contributed by atoms with Gasteiger partial charge < -0.3 is 14.8 Å². The standard InChI is InChI=1S/C17H24N4O/c1-14-7-4-5-12-21(14)17(22)18-10-6-11-20-13-19-15-8-2-3-9-16(15)20/h2-3,8-9,13-14H,4-7,10-12H2,1H3,(H,18,22)/t14-/m0/s1. The van der Waals surface area contributed by atoms with Crippen molar-refractivity contribution in [1.82, 2.24) is 19.8 Å². The predicted molar refractivity (Wildman–Crippen MR) is 87.8 cm³/mol. The Morgan fingerprint density at radius 1 is 1.36 bits per heavy atom. The lowest BCUT2D eigenvalue weighted by molar-refractivity contribution is 0.158. The molecule has 1 aliphatic heterocycles. The van der Waals surface area contributed by atoms with Gasteiger partial charge in [-0.15, -0.1) is 0 Å². The van der Waals surface area contributed by atoms with Gasteiger partial charge in [-0.05, 0) is 44.7 Å². The molecule has 0 aliphatic carbocycles. The van der Waals surface area contributed by atoms with Crippen molar-refractivity contribution in [2.24, 2.45) is 0 Å². The van der Waals surface area contributed by atoms with E-state index in [9.17, 15) is 4.79 Å². The summed E-state index contributed by atoms with van der Waals surface area (Å²) in [6.07, 6.45) is 6.26. The highest BCUT2D eigenvalue weighted by Gasteiger charge is 2.22. The number of rotatable bonds is 4. The fourth-order valence-electron chi connectivity index (χ4n) is 3.13. The number of aromatic nitrogens is 2. The molecule has 1 N–H and O–H groups in total. The number of urea groups is 1. The molecule has 1 aliphatic rings. The van der Waals surface area contributed by atoms with Crippen LogP contribution in [0.15, 0.2) is 30.6 Å².